The Labute approximate surface area is 543 Å². The van der Waals surface area contributed by atoms with Crippen molar-refractivity contribution in [2.45, 2.75) is 374 Å². The maximum Gasteiger partial charge on any atom is 0.472 e. The molecule has 0 heterocycles. The molecular formula is C70H136O17P2. The van der Waals surface area contributed by atoms with Gasteiger partial charge >= 0.3 is 39.5 Å². The van der Waals surface area contributed by atoms with Crippen LogP contribution in [0.25, 0.3) is 0 Å². The molecule has 0 aromatic heterocycles. The number of aliphatic hydroxyl groups excluding tert-OH is 1. The number of aliphatic hydroxyl groups is 1. The lowest BCUT2D eigenvalue weighted by molar-refractivity contribution is -0.161. The molecule has 89 heavy (non-hydrogen) atoms. The van der Waals surface area contributed by atoms with Crippen molar-refractivity contribution < 1.29 is 80.2 Å². The van der Waals surface area contributed by atoms with E-state index in [0.29, 0.717) is 31.6 Å². The number of phosphoric ester groups is 2. The average Bonchev–Trinajstić information content (AvgIpc) is 3.58. The zero-order valence-corrected chi connectivity index (χ0v) is 59.5. The molecule has 528 valence electrons. The molecule has 6 atom stereocenters. The van der Waals surface area contributed by atoms with Gasteiger partial charge in [0.2, 0.25) is 0 Å². The number of esters is 4. The highest BCUT2D eigenvalue weighted by atomic mass is 31.2. The number of rotatable bonds is 69. The van der Waals surface area contributed by atoms with Crippen molar-refractivity contribution in [3.63, 3.8) is 0 Å². The number of hydrogen-bond donors (Lipinski definition) is 3. The van der Waals surface area contributed by atoms with Crippen molar-refractivity contribution in [2.24, 2.45) is 11.8 Å². The van der Waals surface area contributed by atoms with E-state index in [-0.39, 0.29) is 25.7 Å². The van der Waals surface area contributed by atoms with Crippen molar-refractivity contribution in [3.05, 3.63) is 0 Å². The molecule has 0 aromatic carbocycles. The Kier molecular flexibility index (Phi) is 60.8. The standard InChI is InChI=1S/C70H136O17P2/c1-7-10-12-14-16-18-19-20-21-22-23-24-25-30-36-42-48-54-69(74)86-65(59-81-68(73)53-47-41-35-29-27-26-28-33-39-45-51-63(6)9-3)60-84-88(76,77)82-56-64(71)57-83-89(78,79)85-61-66(58-80-67(72)52-46-40-34-17-15-13-11-8-2)87-70(75)55-49-43-37-31-32-38-44-50-62(4)5/h62-66,71H,7-61H2,1-6H3,(H,76,77)(H,78,79)/t63?,64-,65-,66-/m1/s1. The molecule has 0 aliphatic heterocycles. The molecule has 19 heteroatoms. The van der Waals surface area contributed by atoms with E-state index in [0.717, 1.165) is 102 Å². The largest absolute Gasteiger partial charge is 0.472 e. The topological polar surface area (TPSA) is 237 Å². The van der Waals surface area contributed by atoms with Crippen molar-refractivity contribution in [2.75, 3.05) is 39.6 Å². The number of phosphoric acid groups is 2. The van der Waals surface area contributed by atoms with Crippen LogP contribution in [0.2, 0.25) is 0 Å². The summed E-state index contributed by atoms with van der Waals surface area (Å²) < 4.78 is 68.2. The van der Waals surface area contributed by atoms with Gasteiger partial charge in [0.1, 0.15) is 19.3 Å². The zero-order valence-electron chi connectivity index (χ0n) is 57.7. The van der Waals surface area contributed by atoms with Crippen molar-refractivity contribution in [3.8, 4) is 0 Å². The van der Waals surface area contributed by atoms with Gasteiger partial charge in [-0.2, -0.15) is 0 Å². The minimum atomic E-state index is -4.95. The Morgan fingerprint density at radius 2 is 0.573 bits per heavy atom. The number of carbonyl (C=O) groups excluding carboxylic acids is 4. The summed E-state index contributed by atoms with van der Waals surface area (Å²) in [6.07, 6.45) is 47.3. The van der Waals surface area contributed by atoms with Gasteiger partial charge in [-0.1, -0.05) is 305 Å². The van der Waals surface area contributed by atoms with E-state index in [1.807, 2.05) is 0 Å². The average molecular weight is 1310 g/mol. The smallest absolute Gasteiger partial charge is 0.462 e. The third kappa shape index (κ3) is 63.2. The molecule has 0 spiro atoms. The first-order valence-corrected chi connectivity index (χ1v) is 39.5. The molecule has 0 radical (unpaired) electrons. The molecular weight excluding hydrogens is 1170 g/mol. The van der Waals surface area contributed by atoms with E-state index < -0.39 is 97.5 Å². The molecule has 3 unspecified atom stereocenters. The zero-order chi connectivity index (χ0) is 65.7. The molecule has 0 bridgehead atoms. The van der Waals surface area contributed by atoms with Gasteiger partial charge in [0.15, 0.2) is 12.2 Å². The molecule has 0 aliphatic rings. The monoisotopic (exact) mass is 1310 g/mol. The second kappa shape index (κ2) is 62.2. The SMILES string of the molecule is CCCCCCCCCCCCCCCCCCCC(=O)O[C@H](COC(=O)CCCCCCCCCCCCC(C)CC)COP(=O)(O)OC[C@@H](O)COP(=O)(O)OC[C@@H](COC(=O)CCCCCCCCCC)OC(=O)CCCCCCCCCC(C)C. The molecule has 0 saturated carbocycles. The van der Waals surface area contributed by atoms with Gasteiger partial charge in [-0.05, 0) is 37.5 Å². The summed E-state index contributed by atoms with van der Waals surface area (Å²) in [6, 6.07) is 0. The normalized spacial score (nSPS) is 14.4. The van der Waals surface area contributed by atoms with Crippen LogP contribution in [0.15, 0.2) is 0 Å². The van der Waals surface area contributed by atoms with Crippen LogP contribution in [0.1, 0.15) is 356 Å². The summed E-state index contributed by atoms with van der Waals surface area (Å²) in [5.41, 5.74) is 0. The highest BCUT2D eigenvalue weighted by molar-refractivity contribution is 7.47. The lowest BCUT2D eigenvalue weighted by Gasteiger charge is -2.21. The Morgan fingerprint density at radius 3 is 0.854 bits per heavy atom. The number of carbonyl (C=O) groups is 4. The quantitative estimate of drug-likeness (QED) is 0.0222. The fourth-order valence-electron chi connectivity index (χ4n) is 10.6. The van der Waals surface area contributed by atoms with Crippen LogP contribution in [0, 0.1) is 11.8 Å². The van der Waals surface area contributed by atoms with Crippen LogP contribution in [0.3, 0.4) is 0 Å². The molecule has 3 N–H and O–H groups in total. The third-order valence-electron chi connectivity index (χ3n) is 16.6. The van der Waals surface area contributed by atoms with E-state index in [4.69, 9.17) is 37.0 Å². The fourth-order valence-corrected chi connectivity index (χ4v) is 12.1. The number of ether oxygens (including phenoxy) is 4. The summed E-state index contributed by atoms with van der Waals surface area (Å²) in [5.74, 6) is -0.623. The first kappa shape index (κ1) is 87.1. The Morgan fingerprint density at radius 1 is 0.326 bits per heavy atom. The summed E-state index contributed by atoms with van der Waals surface area (Å²) in [6.45, 7) is 9.49. The second-order valence-electron chi connectivity index (χ2n) is 26.0. The van der Waals surface area contributed by atoms with Crippen LogP contribution in [0.5, 0.6) is 0 Å². The van der Waals surface area contributed by atoms with Gasteiger partial charge < -0.3 is 33.8 Å². The number of unbranched alkanes of at least 4 members (excludes halogenated alkanes) is 38. The van der Waals surface area contributed by atoms with Gasteiger partial charge in [0.05, 0.1) is 26.4 Å². The lowest BCUT2D eigenvalue weighted by atomic mass is 9.99. The highest BCUT2D eigenvalue weighted by Crippen LogP contribution is 2.45. The molecule has 17 nitrogen and oxygen atoms in total. The van der Waals surface area contributed by atoms with Gasteiger partial charge in [-0.3, -0.25) is 37.3 Å². The van der Waals surface area contributed by atoms with Crippen molar-refractivity contribution in [1.82, 2.24) is 0 Å². The van der Waals surface area contributed by atoms with E-state index in [2.05, 4.69) is 41.5 Å². The van der Waals surface area contributed by atoms with Gasteiger partial charge in [-0.15, -0.1) is 0 Å². The third-order valence-corrected chi connectivity index (χ3v) is 18.5. The van der Waals surface area contributed by atoms with E-state index in [1.165, 1.54) is 167 Å². The van der Waals surface area contributed by atoms with Gasteiger partial charge in [-0.25, -0.2) is 9.13 Å². The van der Waals surface area contributed by atoms with Crippen LogP contribution < -0.4 is 0 Å². The maximum atomic E-state index is 13.0. The van der Waals surface area contributed by atoms with Gasteiger partial charge in [0, 0.05) is 25.7 Å². The minimum absolute atomic E-state index is 0.103. The van der Waals surface area contributed by atoms with Crippen LogP contribution in [-0.2, 0) is 65.4 Å². The molecule has 0 aliphatic carbocycles. The summed E-state index contributed by atoms with van der Waals surface area (Å²) in [4.78, 5) is 72.4. The van der Waals surface area contributed by atoms with Crippen LogP contribution in [-0.4, -0.2) is 96.7 Å². The Balaban J connectivity index is 5.22. The lowest BCUT2D eigenvalue weighted by Crippen LogP contribution is -2.30. The Bertz CT molecular complexity index is 1740. The fraction of sp³-hybridized carbons (Fsp3) is 0.943. The summed E-state index contributed by atoms with van der Waals surface area (Å²) in [5, 5.41) is 10.6. The maximum absolute atomic E-state index is 13.0. The minimum Gasteiger partial charge on any atom is -0.462 e. The second-order valence-corrected chi connectivity index (χ2v) is 28.9. The summed E-state index contributed by atoms with van der Waals surface area (Å²) in [7, 11) is -9.90. The van der Waals surface area contributed by atoms with Crippen LogP contribution >= 0.6 is 15.6 Å². The first-order chi connectivity index (χ1) is 42.9. The molecule has 0 saturated heterocycles. The molecule has 0 fully saturated rings. The molecule has 0 amide bonds. The molecule has 0 aromatic rings. The van der Waals surface area contributed by atoms with E-state index in [9.17, 15) is 43.2 Å². The van der Waals surface area contributed by atoms with Gasteiger partial charge in [0.25, 0.3) is 0 Å². The predicted molar refractivity (Wildman–Crippen MR) is 358 cm³/mol. The molecule has 0 rings (SSSR count). The first-order valence-electron chi connectivity index (χ1n) is 36.5. The number of hydrogen-bond acceptors (Lipinski definition) is 15. The van der Waals surface area contributed by atoms with Crippen LogP contribution in [0.4, 0.5) is 0 Å². The van der Waals surface area contributed by atoms with Crippen molar-refractivity contribution in [1.29, 1.82) is 0 Å². The van der Waals surface area contributed by atoms with Crippen molar-refractivity contribution >= 4 is 39.5 Å². The van der Waals surface area contributed by atoms with E-state index in [1.54, 1.807) is 0 Å². The predicted octanol–water partition coefficient (Wildman–Crippen LogP) is 20.0. The highest BCUT2D eigenvalue weighted by Gasteiger charge is 2.30. The Hall–Kier alpha value is -1.94. The summed E-state index contributed by atoms with van der Waals surface area (Å²) >= 11 is 0. The van der Waals surface area contributed by atoms with E-state index >= 15 is 0 Å².